The molecule has 3 N–H and O–H groups in total. The van der Waals surface area contributed by atoms with Crippen LogP contribution in [-0.4, -0.2) is 39.9 Å². The van der Waals surface area contributed by atoms with Gasteiger partial charge >= 0.3 is 0 Å². The van der Waals surface area contributed by atoms with E-state index in [4.69, 9.17) is 11.1 Å². The van der Waals surface area contributed by atoms with E-state index in [1.165, 1.54) is 0 Å². The molecule has 1 aromatic rings. The number of rotatable bonds is 6. The highest BCUT2D eigenvalue weighted by Crippen LogP contribution is 2.03. The molecule has 0 spiro atoms. The summed E-state index contributed by atoms with van der Waals surface area (Å²) in [6.07, 6.45) is 5.31. The lowest BCUT2D eigenvalue weighted by molar-refractivity contribution is 0.263. The molecule has 1 heterocycles. The molecule has 0 aliphatic rings. The summed E-state index contributed by atoms with van der Waals surface area (Å²) in [5.41, 5.74) is 5.39. The van der Waals surface area contributed by atoms with Crippen LogP contribution in [0.15, 0.2) is 12.4 Å². The average molecular weight is 223 g/mol. The van der Waals surface area contributed by atoms with Crippen molar-refractivity contribution in [3.63, 3.8) is 0 Å². The molecule has 1 rings (SSSR count). The summed E-state index contributed by atoms with van der Waals surface area (Å²) in [6.45, 7) is 3.01. The van der Waals surface area contributed by atoms with Gasteiger partial charge in [-0.1, -0.05) is 0 Å². The fraction of sp³-hybridized carbons (Fsp3) is 0.636. The predicted octanol–water partition coefficient (Wildman–Crippen LogP) is 0.609. The van der Waals surface area contributed by atoms with E-state index in [0.717, 1.165) is 18.8 Å². The molecule has 5 nitrogen and oxygen atoms in total. The molecule has 0 saturated carbocycles. The lowest BCUT2D eigenvalue weighted by atomic mass is 10.2. The van der Waals surface area contributed by atoms with Gasteiger partial charge in [0.15, 0.2) is 0 Å². The van der Waals surface area contributed by atoms with Crippen molar-refractivity contribution in [1.82, 2.24) is 14.5 Å². The van der Waals surface area contributed by atoms with Crippen molar-refractivity contribution in [2.45, 2.75) is 25.8 Å². The molecule has 0 aliphatic carbocycles. The first kappa shape index (κ1) is 12.7. The molecular weight excluding hydrogens is 202 g/mol. The van der Waals surface area contributed by atoms with Gasteiger partial charge in [0.25, 0.3) is 0 Å². The molecule has 0 aliphatic heterocycles. The van der Waals surface area contributed by atoms with Gasteiger partial charge in [-0.3, -0.25) is 5.41 Å². The Balaban J connectivity index is 2.37. The van der Waals surface area contributed by atoms with E-state index in [2.05, 4.69) is 23.9 Å². The van der Waals surface area contributed by atoms with Crippen LogP contribution in [0.4, 0.5) is 0 Å². The maximum atomic E-state index is 7.26. The van der Waals surface area contributed by atoms with E-state index in [-0.39, 0.29) is 5.84 Å². The van der Waals surface area contributed by atoms with Gasteiger partial charge in [0, 0.05) is 44.9 Å². The molecule has 5 heteroatoms. The van der Waals surface area contributed by atoms with Crippen molar-refractivity contribution in [2.24, 2.45) is 12.8 Å². The van der Waals surface area contributed by atoms with E-state index in [1.54, 1.807) is 0 Å². The van der Waals surface area contributed by atoms with Crippen LogP contribution in [0.25, 0.3) is 0 Å². The standard InChI is InChI=1S/C11H21N5/c1-9(8-10(12)13)15(2)6-4-11-14-5-7-16(11)3/h5,7,9H,4,6,8H2,1-3H3,(H3,12,13). The van der Waals surface area contributed by atoms with Gasteiger partial charge in [0.05, 0.1) is 5.84 Å². The topological polar surface area (TPSA) is 70.9 Å². The third-order valence-electron chi connectivity index (χ3n) is 2.88. The van der Waals surface area contributed by atoms with Crippen molar-refractivity contribution < 1.29 is 0 Å². The quantitative estimate of drug-likeness (QED) is 0.548. The summed E-state index contributed by atoms with van der Waals surface area (Å²) in [5.74, 6) is 1.33. The maximum Gasteiger partial charge on any atom is 0.109 e. The highest BCUT2D eigenvalue weighted by molar-refractivity contribution is 5.77. The van der Waals surface area contributed by atoms with Crippen molar-refractivity contribution in [3.8, 4) is 0 Å². The molecule has 1 unspecified atom stereocenters. The minimum Gasteiger partial charge on any atom is -0.388 e. The maximum absolute atomic E-state index is 7.26. The van der Waals surface area contributed by atoms with Crippen LogP contribution in [-0.2, 0) is 13.5 Å². The lowest BCUT2D eigenvalue weighted by Gasteiger charge is -2.23. The molecule has 1 atom stereocenters. The van der Waals surface area contributed by atoms with Crippen LogP contribution < -0.4 is 5.73 Å². The molecule has 0 amide bonds. The molecule has 0 radical (unpaired) electrons. The minimum absolute atomic E-state index is 0.247. The number of nitrogens with one attached hydrogen (secondary N) is 1. The highest BCUT2D eigenvalue weighted by Gasteiger charge is 2.11. The number of aryl methyl sites for hydroxylation is 1. The summed E-state index contributed by atoms with van der Waals surface area (Å²) in [5, 5.41) is 7.26. The van der Waals surface area contributed by atoms with Crippen LogP contribution in [0.3, 0.4) is 0 Å². The SMILES string of the molecule is CC(CC(=N)N)N(C)CCc1nccn1C. The van der Waals surface area contributed by atoms with Gasteiger partial charge in [-0.15, -0.1) is 0 Å². The van der Waals surface area contributed by atoms with Gasteiger partial charge in [0.2, 0.25) is 0 Å². The Morgan fingerprint density at radius 2 is 2.38 bits per heavy atom. The van der Waals surface area contributed by atoms with E-state index < -0.39 is 0 Å². The average Bonchev–Trinajstić information content (AvgIpc) is 2.59. The second kappa shape index (κ2) is 5.65. The largest absolute Gasteiger partial charge is 0.388 e. The second-order valence-corrected chi connectivity index (χ2v) is 4.26. The number of nitrogens with two attached hydrogens (primary N) is 1. The number of nitrogens with zero attached hydrogens (tertiary/aromatic N) is 3. The van der Waals surface area contributed by atoms with Gasteiger partial charge < -0.3 is 15.2 Å². The van der Waals surface area contributed by atoms with Gasteiger partial charge in [-0.05, 0) is 14.0 Å². The summed E-state index contributed by atoms with van der Waals surface area (Å²) in [4.78, 5) is 6.48. The Labute approximate surface area is 96.8 Å². The number of hydrogen-bond acceptors (Lipinski definition) is 3. The Kier molecular flexibility index (Phi) is 4.49. The van der Waals surface area contributed by atoms with Crippen molar-refractivity contribution >= 4 is 5.84 Å². The van der Waals surface area contributed by atoms with Crippen LogP contribution in [0.2, 0.25) is 0 Å². The third kappa shape index (κ3) is 3.66. The fourth-order valence-corrected chi connectivity index (χ4v) is 1.61. The highest BCUT2D eigenvalue weighted by atomic mass is 15.1. The van der Waals surface area contributed by atoms with Crippen LogP contribution in [0.1, 0.15) is 19.2 Å². The molecule has 0 fully saturated rings. The fourth-order valence-electron chi connectivity index (χ4n) is 1.61. The molecule has 0 bridgehead atoms. The predicted molar refractivity (Wildman–Crippen MR) is 65.5 cm³/mol. The van der Waals surface area contributed by atoms with Gasteiger partial charge in [-0.2, -0.15) is 0 Å². The Morgan fingerprint density at radius 1 is 1.69 bits per heavy atom. The number of amidine groups is 1. The molecule has 1 aromatic heterocycles. The number of aromatic nitrogens is 2. The zero-order chi connectivity index (χ0) is 12.1. The first-order chi connectivity index (χ1) is 7.50. The Hall–Kier alpha value is -1.36. The summed E-state index contributed by atoms with van der Waals surface area (Å²) in [6, 6.07) is 0.303. The monoisotopic (exact) mass is 223 g/mol. The van der Waals surface area contributed by atoms with Crippen molar-refractivity contribution in [2.75, 3.05) is 13.6 Å². The van der Waals surface area contributed by atoms with Crippen molar-refractivity contribution in [3.05, 3.63) is 18.2 Å². The molecule has 0 aromatic carbocycles. The van der Waals surface area contributed by atoms with Crippen LogP contribution in [0, 0.1) is 5.41 Å². The van der Waals surface area contributed by atoms with Crippen molar-refractivity contribution in [1.29, 1.82) is 5.41 Å². The summed E-state index contributed by atoms with van der Waals surface area (Å²) >= 11 is 0. The number of likely N-dealkylation sites (N-methyl/N-ethyl adjacent to an activating group) is 1. The minimum atomic E-state index is 0.247. The zero-order valence-corrected chi connectivity index (χ0v) is 10.3. The normalized spacial score (nSPS) is 13.0. The lowest BCUT2D eigenvalue weighted by Crippen LogP contribution is -2.34. The first-order valence-corrected chi connectivity index (χ1v) is 5.50. The third-order valence-corrected chi connectivity index (χ3v) is 2.88. The Bertz CT molecular complexity index is 344. The Morgan fingerprint density at radius 3 is 2.88 bits per heavy atom. The molecule has 16 heavy (non-hydrogen) atoms. The smallest absolute Gasteiger partial charge is 0.109 e. The number of imidazole rings is 1. The number of hydrogen-bond donors (Lipinski definition) is 2. The first-order valence-electron chi connectivity index (χ1n) is 5.50. The van der Waals surface area contributed by atoms with Gasteiger partial charge in [-0.25, -0.2) is 4.98 Å². The zero-order valence-electron chi connectivity index (χ0n) is 10.3. The van der Waals surface area contributed by atoms with E-state index in [9.17, 15) is 0 Å². The van der Waals surface area contributed by atoms with E-state index in [1.807, 2.05) is 24.0 Å². The molecule has 0 saturated heterocycles. The van der Waals surface area contributed by atoms with Crippen LogP contribution in [0.5, 0.6) is 0 Å². The summed E-state index contributed by atoms with van der Waals surface area (Å²) < 4.78 is 2.03. The van der Waals surface area contributed by atoms with E-state index >= 15 is 0 Å². The van der Waals surface area contributed by atoms with Crippen LogP contribution >= 0.6 is 0 Å². The molecular formula is C11H21N5. The molecule has 90 valence electrons. The second-order valence-electron chi connectivity index (χ2n) is 4.26. The summed E-state index contributed by atoms with van der Waals surface area (Å²) in [7, 11) is 4.05. The van der Waals surface area contributed by atoms with E-state index in [0.29, 0.717) is 12.5 Å². The van der Waals surface area contributed by atoms with Gasteiger partial charge in [0.1, 0.15) is 5.82 Å².